The Morgan fingerprint density at radius 2 is 0.568 bits per heavy atom. The van der Waals surface area contributed by atoms with E-state index in [1.54, 1.807) is 0 Å². The Kier molecular flexibility index (Phi) is 9.56. The van der Waals surface area contributed by atoms with Crippen molar-refractivity contribution in [2.45, 2.75) is 131 Å². The minimum Gasteiger partial charge on any atom is -0.255 e. The summed E-state index contributed by atoms with van der Waals surface area (Å²) in [5.41, 5.74) is 11.9. The molecular formula is C71H67N3. The van der Waals surface area contributed by atoms with Gasteiger partial charge < -0.3 is 0 Å². The molecule has 0 atom stereocenters. The molecule has 0 aliphatic carbocycles. The molecule has 0 bridgehead atoms. The van der Waals surface area contributed by atoms with Gasteiger partial charge in [-0.1, -0.05) is 140 Å². The molecule has 3 aromatic heterocycles. The fourth-order valence-electron chi connectivity index (χ4n) is 12.5. The Balaban J connectivity index is 1.42. The fourth-order valence-corrected chi connectivity index (χ4v) is 12.5. The first-order valence-electron chi connectivity index (χ1n) is 26.8. The van der Waals surface area contributed by atoms with Crippen molar-refractivity contribution >= 4 is 97.0 Å². The van der Waals surface area contributed by atoms with Gasteiger partial charge in [-0.15, -0.1) is 0 Å². The minimum atomic E-state index is -0.101. The molecule has 0 saturated heterocycles. The predicted molar refractivity (Wildman–Crippen MR) is 321 cm³/mol. The van der Waals surface area contributed by atoms with Crippen molar-refractivity contribution in [3.05, 3.63) is 162 Å². The fraction of sp³-hybridized carbons (Fsp3) is 0.282. The topological polar surface area (TPSA) is 38.7 Å². The van der Waals surface area contributed by atoms with Gasteiger partial charge in [-0.25, -0.2) is 4.98 Å². The summed E-state index contributed by atoms with van der Waals surface area (Å²) in [6.07, 6.45) is 3.75. The molecular weight excluding hydrogens is 895 g/mol. The van der Waals surface area contributed by atoms with Gasteiger partial charge in [-0.2, -0.15) is 0 Å². The van der Waals surface area contributed by atoms with Crippen molar-refractivity contribution in [3.8, 4) is 33.9 Å². The monoisotopic (exact) mass is 962 g/mol. The highest BCUT2D eigenvalue weighted by Crippen LogP contribution is 2.59. The van der Waals surface area contributed by atoms with Crippen LogP contribution in [0.3, 0.4) is 0 Å². The van der Waals surface area contributed by atoms with Crippen LogP contribution in [0.2, 0.25) is 0 Å². The predicted octanol–water partition coefficient (Wildman–Crippen LogP) is 20.1. The summed E-state index contributed by atoms with van der Waals surface area (Å²) in [5, 5.41) is 23.9. The molecule has 0 amide bonds. The molecule has 0 radical (unpaired) electrons. The summed E-state index contributed by atoms with van der Waals surface area (Å²) in [5.74, 6) is 0. The lowest BCUT2D eigenvalue weighted by Crippen LogP contribution is -2.13. The third-order valence-corrected chi connectivity index (χ3v) is 16.7. The molecule has 3 heteroatoms. The van der Waals surface area contributed by atoms with E-state index in [-0.39, 0.29) is 27.1 Å². The van der Waals surface area contributed by atoms with E-state index in [1.165, 1.54) is 130 Å². The van der Waals surface area contributed by atoms with Crippen LogP contribution in [-0.4, -0.2) is 15.0 Å². The number of aromatic nitrogens is 3. The first-order chi connectivity index (χ1) is 34.9. The Bertz CT molecular complexity index is 4180. The molecule has 0 saturated carbocycles. The van der Waals surface area contributed by atoms with E-state index >= 15 is 0 Å². The first kappa shape index (κ1) is 46.5. The van der Waals surface area contributed by atoms with Gasteiger partial charge in [0.1, 0.15) is 0 Å². The van der Waals surface area contributed by atoms with Crippen molar-refractivity contribution in [3.63, 3.8) is 0 Å². The standard InChI is InChI=1S/C71H67N3/c1-67(2,3)39-22-24-44-46(30-39)48-32-41(69(7,8)9)34-50-52-36-43(71(13,14)15)37-53-51-35-42(70(10,11)12)33-49-47-31-40(68(4,5)6)23-25-45(47)63-58(62(44)64(59(48)50)66(61(52)53)65(63)60(49)51)38-28-56(54-20-16-18-26-72-54)74-57(29-38)55-21-17-19-27-73-55/h16-37H,1-15H3. The number of rotatable bonds is 3. The first-order valence-corrected chi connectivity index (χ1v) is 26.8. The average Bonchev–Trinajstić information content (AvgIpc) is 3.35. The maximum Gasteiger partial charge on any atom is 0.0900 e. The molecule has 74 heavy (non-hydrogen) atoms. The minimum absolute atomic E-state index is 0.0687. The molecule has 13 aromatic rings. The van der Waals surface area contributed by atoms with E-state index in [0.717, 1.165) is 28.3 Å². The lowest BCUT2D eigenvalue weighted by molar-refractivity contribution is 0.590. The van der Waals surface area contributed by atoms with Crippen LogP contribution in [0.1, 0.15) is 132 Å². The second-order valence-electron chi connectivity index (χ2n) is 26.9. The highest BCUT2D eigenvalue weighted by Gasteiger charge is 2.33. The van der Waals surface area contributed by atoms with E-state index in [4.69, 9.17) is 15.0 Å². The van der Waals surface area contributed by atoms with Crippen LogP contribution < -0.4 is 0 Å². The van der Waals surface area contributed by atoms with Gasteiger partial charge in [0.2, 0.25) is 0 Å². The summed E-state index contributed by atoms with van der Waals surface area (Å²) >= 11 is 0. The van der Waals surface area contributed by atoms with Gasteiger partial charge in [-0.3, -0.25) is 9.97 Å². The summed E-state index contributed by atoms with van der Waals surface area (Å²) in [6, 6.07) is 47.2. The number of benzene rings is 10. The SMILES string of the molecule is CC(C)(C)c1ccc2c(c1)c1cc(C(C)(C)C)cc3c4cc(C(C)(C)C)cc5c6cc(C(C)(C)C)cc7c8cc(C(C)(C)C)ccc8c8c(-c9cc(-c%10ccccn%10)nc(-c%10ccccn%10)c9)c2c(c13)c(c45)c8c76. The summed E-state index contributed by atoms with van der Waals surface area (Å²) in [7, 11) is 0. The Morgan fingerprint density at radius 3 is 0.878 bits per heavy atom. The Labute approximate surface area is 436 Å². The lowest BCUT2D eigenvalue weighted by atomic mass is 9.72. The normalized spacial score (nSPS) is 13.6. The summed E-state index contributed by atoms with van der Waals surface area (Å²) in [4.78, 5) is 15.3. The van der Waals surface area contributed by atoms with E-state index in [0.29, 0.717) is 0 Å². The molecule has 0 aliphatic rings. The highest BCUT2D eigenvalue weighted by atomic mass is 14.8. The quantitative estimate of drug-likeness (QED) is 0.131. The number of hydrogen-bond donors (Lipinski definition) is 0. The third kappa shape index (κ3) is 6.80. The zero-order chi connectivity index (χ0) is 51.9. The van der Waals surface area contributed by atoms with E-state index < -0.39 is 0 Å². The number of hydrogen-bond acceptors (Lipinski definition) is 3. The lowest BCUT2D eigenvalue weighted by Gasteiger charge is -2.31. The molecule has 10 aromatic carbocycles. The van der Waals surface area contributed by atoms with Gasteiger partial charge in [-0.05, 0) is 248 Å². The summed E-state index contributed by atoms with van der Waals surface area (Å²) < 4.78 is 0. The van der Waals surface area contributed by atoms with Crippen LogP contribution in [0.5, 0.6) is 0 Å². The average molecular weight is 962 g/mol. The second kappa shape index (κ2) is 15.2. The molecule has 3 heterocycles. The van der Waals surface area contributed by atoms with Crippen molar-refractivity contribution < 1.29 is 0 Å². The number of nitrogens with zero attached hydrogens (tertiary/aromatic N) is 3. The van der Waals surface area contributed by atoms with Gasteiger partial charge in [0.05, 0.1) is 22.8 Å². The zero-order valence-electron chi connectivity index (χ0n) is 46.0. The molecule has 0 unspecified atom stereocenters. The van der Waals surface area contributed by atoms with Crippen molar-refractivity contribution in [1.82, 2.24) is 15.0 Å². The van der Waals surface area contributed by atoms with E-state index in [9.17, 15) is 0 Å². The Hall–Kier alpha value is -7.23. The van der Waals surface area contributed by atoms with Crippen LogP contribution >= 0.6 is 0 Å². The van der Waals surface area contributed by atoms with Gasteiger partial charge in [0.25, 0.3) is 0 Å². The maximum absolute atomic E-state index is 5.41. The van der Waals surface area contributed by atoms with Crippen LogP contribution in [0, 0.1) is 0 Å². The maximum atomic E-state index is 5.41. The number of fused-ring (bicyclic) bond motifs is 8. The smallest absolute Gasteiger partial charge is 0.0900 e. The van der Waals surface area contributed by atoms with Crippen LogP contribution in [0.4, 0.5) is 0 Å². The van der Waals surface area contributed by atoms with Gasteiger partial charge in [0.15, 0.2) is 0 Å². The van der Waals surface area contributed by atoms with Crippen molar-refractivity contribution in [2.24, 2.45) is 0 Å². The molecule has 0 spiro atoms. The van der Waals surface area contributed by atoms with Crippen LogP contribution in [0.25, 0.3) is 131 Å². The highest BCUT2D eigenvalue weighted by molar-refractivity contribution is 6.55. The second-order valence-corrected chi connectivity index (χ2v) is 26.9. The van der Waals surface area contributed by atoms with Crippen molar-refractivity contribution in [2.75, 3.05) is 0 Å². The van der Waals surface area contributed by atoms with E-state index in [2.05, 4.69) is 213 Å². The molecule has 3 nitrogen and oxygen atoms in total. The van der Waals surface area contributed by atoms with Crippen LogP contribution in [0.15, 0.2) is 134 Å². The third-order valence-electron chi connectivity index (χ3n) is 16.7. The zero-order valence-corrected chi connectivity index (χ0v) is 46.0. The molecule has 13 rings (SSSR count). The van der Waals surface area contributed by atoms with E-state index in [1.807, 2.05) is 24.5 Å². The summed E-state index contributed by atoms with van der Waals surface area (Å²) in [6.45, 7) is 35.5. The van der Waals surface area contributed by atoms with Gasteiger partial charge >= 0.3 is 0 Å². The molecule has 0 fully saturated rings. The van der Waals surface area contributed by atoms with Crippen LogP contribution in [-0.2, 0) is 27.1 Å². The molecule has 0 aliphatic heterocycles. The molecule has 366 valence electrons. The largest absolute Gasteiger partial charge is 0.255 e. The molecule has 0 N–H and O–H groups in total. The number of pyridine rings is 3. The van der Waals surface area contributed by atoms with Gasteiger partial charge in [0, 0.05) is 12.4 Å². The Morgan fingerprint density at radius 1 is 0.257 bits per heavy atom. The van der Waals surface area contributed by atoms with Crippen molar-refractivity contribution in [1.29, 1.82) is 0 Å².